The monoisotopic (exact) mass is 348 g/mol. The van der Waals surface area contributed by atoms with E-state index >= 15 is 0 Å². The summed E-state index contributed by atoms with van der Waals surface area (Å²) in [6.45, 7) is 0.785. The highest BCUT2D eigenvalue weighted by molar-refractivity contribution is 5.95. The van der Waals surface area contributed by atoms with Crippen molar-refractivity contribution in [2.45, 2.75) is 38.2 Å². The Labute approximate surface area is 146 Å². The minimum Gasteiger partial charge on any atom is -0.481 e. The molecule has 2 aliphatic rings. The molecule has 7 heteroatoms. The zero-order valence-corrected chi connectivity index (χ0v) is 14.4. The van der Waals surface area contributed by atoms with Gasteiger partial charge in [0.15, 0.2) is 0 Å². The highest BCUT2D eigenvalue weighted by Gasteiger charge is 2.44. The number of hydrogen-bond donors (Lipinski definition) is 1. The number of ether oxygens (including phenoxy) is 2. The standard InChI is InChI=1S/C18H24N2O5/c1-24-12-18(17(22)23)7-3-9-20(11-18)16(21)13-6-8-19-15(10-13)25-14-4-2-5-14/h6,8,10,14H,2-5,7,9,11-12H2,1H3,(H,22,23). The van der Waals surface area contributed by atoms with Gasteiger partial charge in [-0.05, 0) is 38.2 Å². The molecule has 2 heterocycles. The van der Waals surface area contributed by atoms with Crippen molar-refractivity contribution >= 4 is 11.9 Å². The van der Waals surface area contributed by atoms with Crippen molar-refractivity contribution in [2.24, 2.45) is 5.41 Å². The lowest BCUT2D eigenvalue weighted by Crippen LogP contribution is -2.52. The molecule has 25 heavy (non-hydrogen) atoms. The number of hydrogen-bond acceptors (Lipinski definition) is 5. The van der Waals surface area contributed by atoms with Gasteiger partial charge in [0.05, 0.1) is 6.61 Å². The van der Waals surface area contributed by atoms with Gasteiger partial charge in [-0.3, -0.25) is 9.59 Å². The van der Waals surface area contributed by atoms with Gasteiger partial charge >= 0.3 is 5.97 Å². The summed E-state index contributed by atoms with van der Waals surface area (Å²) in [6.07, 6.45) is 6.09. The maximum atomic E-state index is 12.8. The minimum absolute atomic E-state index is 0.0957. The van der Waals surface area contributed by atoms with Crippen LogP contribution in [0.3, 0.4) is 0 Å². The summed E-state index contributed by atoms with van der Waals surface area (Å²) in [5.74, 6) is -0.660. The van der Waals surface area contributed by atoms with Gasteiger partial charge < -0.3 is 19.5 Å². The van der Waals surface area contributed by atoms with E-state index in [9.17, 15) is 14.7 Å². The van der Waals surface area contributed by atoms with Gasteiger partial charge in [-0.15, -0.1) is 0 Å². The Kier molecular flexibility index (Phi) is 5.22. The fourth-order valence-electron chi connectivity index (χ4n) is 3.38. The summed E-state index contributed by atoms with van der Waals surface area (Å²) in [4.78, 5) is 30.3. The molecule has 1 aromatic rings. The van der Waals surface area contributed by atoms with E-state index in [1.165, 1.54) is 7.11 Å². The summed E-state index contributed by atoms with van der Waals surface area (Å²) in [6, 6.07) is 3.29. The van der Waals surface area contributed by atoms with Crippen molar-refractivity contribution in [3.05, 3.63) is 23.9 Å². The number of likely N-dealkylation sites (tertiary alicyclic amines) is 1. The summed E-state index contributed by atoms with van der Waals surface area (Å²) >= 11 is 0. The number of carboxylic acids is 1. The molecular formula is C18H24N2O5. The Morgan fingerprint density at radius 2 is 2.20 bits per heavy atom. The molecule has 0 radical (unpaired) electrons. The molecule has 7 nitrogen and oxygen atoms in total. The number of methoxy groups -OCH3 is 1. The van der Waals surface area contributed by atoms with Crippen LogP contribution in [0.1, 0.15) is 42.5 Å². The van der Waals surface area contributed by atoms with Crippen molar-refractivity contribution < 1.29 is 24.2 Å². The molecule has 3 rings (SSSR count). The van der Waals surface area contributed by atoms with E-state index in [-0.39, 0.29) is 25.2 Å². The summed E-state index contributed by atoms with van der Waals surface area (Å²) in [5.41, 5.74) is -0.566. The van der Waals surface area contributed by atoms with E-state index in [1.54, 1.807) is 23.2 Å². The Morgan fingerprint density at radius 3 is 2.84 bits per heavy atom. The van der Waals surface area contributed by atoms with Crippen LogP contribution in [0.15, 0.2) is 18.3 Å². The van der Waals surface area contributed by atoms with Crippen LogP contribution >= 0.6 is 0 Å². The third kappa shape index (κ3) is 3.76. The molecule has 1 N–H and O–H groups in total. The van der Waals surface area contributed by atoms with Crippen LogP contribution in [0.4, 0.5) is 0 Å². The molecule has 1 aliphatic heterocycles. The Balaban J connectivity index is 1.73. The summed E-state index contributed by atoms with van der Waals surface area (Å²) in [7, 11) is 1.48. The minimum atomic E-state index is -1.04. The number of amides is 1. The first-order chi connectivity index (χ1) is 12.0. The number of rotatable bonds is 6. The smallest absolute Gasteiger partial charge is 0.313 e. The van der Waals surface area contributed by atoms with E-state index in [4.69, 9.17) is 9.47 Å². The first-order valence-electron chi connectivity index (χ1n) is 8.68. The van der Waals surface area contributed by atoms with Gasteiger partial charge in [0.25, 0.3) is 5.91 Å². The van der Waals surface area contributed by atoms with Crippen LogP contribution in [0, 0.1) is 5.41 Å². The number of piperidine rings is 1. The molecule has 0 bridgehead atoms. The normalized spacial score (nSPS) is 23.8. The van der Waals surface area contributed by atoms with Gasteiger partial charge in [-0.25, -0.2) is 4.98 Å². The van der Waals surface area contributed by atoms with E-state index in [2.05, 4.69) is 4.98 Å². The van der Waals surface area contributed by atoms with Crippen LogP contribution in [-0.4, -0.2) is 59.8 Å². The van der Waals surface area contributed by atoms with Gasteiger partial charge in [0.1, 0.15) is 11.5 Å². The van der Waals surface area contributed by atoms with Crippen molar-refractivity contribution in [3.63, 3.8) is 0 Å². The quantitative estimate of drug-likeness (QED) is 0.845. The van der Waals surface area contributed by atoms with Crippen LogP contribution in [-0.2, 0) is 9.53 Å². The number of aromatic nitrogens is 1. The molecule has 2 fully saturated rings. The SMILES string of the molecule is COCC1(C(=O)O)CCCN(C(=O)c2ccnc(OC3CCC3)c2)C1. The zero-order chi connectivity index (χ0) is 17.9. The molecule has 1 saturated carbocycles. The van der Waals surface area contributed by atoms with Crippen LogP contribution < -0.4 is 4.74 Å². The maximum Gasteiger partial charge on any atom is 0.313 e. The first-order valence-corrected chi connectivity index (χ1v) is 8.68. The number of carboxylic acid groups (broad SMARTS) is 1. The molecule has 1 aromatic heterocycles. The highest BCUT2D eigenvalue weighted by atomic mass is 16.5. The van der Waals surface area contributed by atoms with E-state index in [0.717, 1.165) is 19.3 Å². The van der Waals surface area contributed by atoms with Crippen LogP contribution in [0.25, 0.3) is 0 Å². The number of pyridine rings is 1. The highest BCUT2D eigenvalue weighted by Crippen LogP contribution is 2.32. The predicted octanol–water partition coefficient (Wildman–Crippen LogP) is 1.97. The van der Waals surface area contributed by atoms with Crippen molar-refractivity contribution in [1.82, 2.24) is 9.88 Å². The van der Waals surface area contributed by atoms with Crippen LogP contribution in [0.5, 0.6) is 5.88 Å². The van der Waals surface area contributed by atoms with E-state index < -0.39 is 11.4 Å². The largest absolute Gasteiger partial charge is 0.481 e. The Hall–Kier alpha value is -2.15. The van der Waals surface area contributed by atoms with Crippen molar-refractivity contribution in [2.75, 3.05) is 26.8 Å². The maximum absolute atomic E-state index is 12.8. The first kappa shape index (κ1) is 17.7. The fraction of sp³-hybridized carbons (Fsp3) is 0.611. The van der Waals surface area contributed by atoms with Crippen molar-refractivity contribution in [3.8, 4) is 5.88 Å². The van der Waals surface area contributed by atoms with Crippen molar-refractivity contribution in [1.29, 1.82) is 0 Å². The lowest BCUT2D eigenvalue weighted by molar-refractivity contribution is -0.155. The third-order valence-corrected chi connectivity index (χ3v) is 5.06. The average molecular weight is 348 g/mol. The third-order valence-electron chi connectivity index (χ3n) is 5.06. The van der Waals surface area contributed by atoms with Gasteiger partial charge in [-0.2, -0.15) is 0 Å². The van der Waals surface area contributed by atoms with Crippen LogP contribution in [0.2, 0.25) is 0 Å². The van der Waals surface area contributed by atoms with Gasteiger partial charge in [-0.1, -0.05) is 0 Å². The zero-order valence-electron chi connectivity index (χ0n) is 14.4. The summed E-state index contributed by atoms with van der Waals surface area (Å²) < 4.78 is 10.9. The lowest BCUT2D eigenvalue weighted by atomic mass is 9.80. The molecule has 0 spiro atoms. The molecule has 136 valence electrons. The molecule has 0 aromatic carbocycles. The molecule has 1 saturated heterocycles. The predicted molar refractivity (Wildman–Crippen MR) is 89.6 cm³/mol. The van der Waals surface area contributed by atoms with Gasteiger partial charge in [0.2, 0.25) is 5.88 Å². The number of carbonyl (C=O) groups excluding carboxylic acids is 1. The number of aliphatic carboxylic acids is 1. The molecular weight excluding hydrogens is 324 g/mol. The molecule has 1 amide bonds. The number of carbonyl (C=O) groups is 2. The average Bonchev–Trinajstić information content (AvgIpc) is 2.58. The Bertz CT molecular complexity index is 642. The second kappa shape index (κ2) is 7.39. The lowest BCUT2D eigenvalue weighted by Gasteiger charge is -2.39. The molecule has 1 atom stereocenters. The molecule has 1 unspecified atom stereocenters. The van der Waals surface area contributed by atoms with E-state index in [0.29, 0.717) is 30.8 Å². The Morgan fingerprint density at radius 1 is 1.40 bits per heavy atom. The number of nitrogens with zero attached hydrogens (tertiary/aromatic N) is 2. The second-order valence-corrected chi connectivity index (χ2v) is 6.90. The van der Waals surface area contributed by atoms with Gasteiger partial charge in [0, 0.05) is 38.0 Å². The second-order valence-electron chi connectivity index (χ2n) is 6.90. The summed E-state index contributed by atoms with van der Waals surface area (Å²) in [5, 5.41) is 9.62. The topological polar surface area (TPSA) is 89.0 Å². The fourth-order valence-corrected chi connectivity index (χ4v) is 3.38. The van der Waals surface area contributed by atoms with E-state index in [1.807, 2.05) is 0 Å². The molecule has 1 aliphatic carbocycles.